The highest BCUT2D eigenvalue weighted by molar-refractivity contribution is 6.29. The third-order valence-corrected chi connectivity index (χ3v) is 3.49. The van der Waals surface area contributed by atoms with Crippen LogP contribution in [0.1, 0.15) is 19.4 Å². The van der Waals surface area contributed by atoms with Gasteiger partial charge in [-0.1, -0.05) is 17.7 Å². The van der Waals surface area contributed by atoms with Crippen LogP contribution in [-0.4, -0.2) is 58.2 Å². The van der Waals surface area contributed by atoms with Crippen LogP contribution in [0, 0.1) is 0 Å². The number of hydrogen-bond donors (Lipinski definition) is 1. The van der Waals surface area contributed by atoms with Crippen LogP contribution in [0.5, 0.6) is 0 Å². The number of pyridine rings is 1. The summed E-state index contributed by atoms with van der Waals surface area (Å²) in [6.07, 6.45) is 1.84. The van der Waals surface area contributed by atoms with Gasteiger partial charge in [0.05, 0.1) is 5.60 Å². The van der Waals surface area contributed by atoms with Crippen LogP contribution >= 0.6 is 11.6 Å². The Bertz CT molecular complexity index is 394. The zero-order chi connectivity index (χ0) is 13.9. The lowest BCUT2D eigenvalue weighted by molar-refractivity contribution is 0.0166. The fourth-order valence-corrected chi connectivity index (χ4v) is 2.52. The molecule has 0 unspecified atom stereocenters. The molecule has 0 atom stereocenters. The molecule has 4 nitrogen and oxygen atoms in total. The normalized spacial score (nSPS) is 18.7. The number of nitrogens with zero attached hydrogens (tertiary/aromatic N) is 3. The first kappa shape index (κ1) is 14.7. The molecule has 0 amide bonds. The van der Waals surface area contributed by atoms with Crippen molar-refractivity contribution >= 4 is 11.6 Å². The van der Waals surface area contributed by atoms with E-state index in [1.807, 2.05) is 32.2 Å². The number of aromatic nitrogens is 1. The summed E-state index contributed by atoms with van der Waals surface area (Å²) in [4.78, 5) is 8.83. The molecule has 2 rings (SSSR count). The van der Waals surface area contributed by atoms with Crippen molar-refractivity contribution in [1.29, 1.82) is 0 Å². The zero-order valence-electron chi connectivity index (χ0n) is 11.6. The summed E-state index contributed by atoms with van der Waals surface area (Å²) in [5, 5.41) is 10.4. The Morgan fingerprint density at radius 1 is 1.21 bits per heavy atom. The van der Waals surface area contributed by atoms with Crippen LogP contribution < -0.4 is 0 Å². The van der Waals surface area contributed by atoms with Gasteiger partial charge in [-0.3, -0.25) is 9.80 Å². The number of aliphatic hydroxyl groups is 1. The maximum atomic E-state index is 9.82. The largest absolute Gasteiger partial charge is 0.389 e. The topological polar surface area (TPSA) is 39.6 Å². The van der Waals surface area contributed by atoms with Crippen LogP contribution in [0.15, 0.2) is 18.3 Å². The van der Waals surface area contributed by atoms with E-state index in [0.717, 1.165) is 39.3 Å². The first-order chi connectivity index (χ1) is 8.92. The molecule has 1 N–H and O–H groups in total. The van der Waals surface area contributed by atoms with E-state index in [-0.39, 0.29) is 0 Å². The third kappa shape index (κ3) is 5.07. The number of halogens is 1. The Labute approximate surface area is 120 Å². The molecule has 0 aliphatic carbocycles. The Hall–Kier alpha value is -0.680. The molecule has 0 aromatic carbocycles. The van der Waals surface area contributed by atoms with Crippen molar-refractivity contribution in [2.45, 2.75) is 26.0 Å². The van der Waals surface area contributed by atoms with Gasteiger partial charge in [0.2, 0.25) is 0 Å². The van der Waals surface area contributed by atoms with E-state index in [1.54, 1.807) is 0 Å². The van der Waals surface area contributed by atoms with Crippen LogP contribution in [0.25, 0.3) is 0 Å². The van der Waals surface area contributed by atoms with Gasteiger partial charge in [-0.2, -0.15) is 0 Å². The van der Waals surface area contributed by atoms with E-state index in [2.05, 4.69) is 14.8 Å². The minimum Gasteiger partial charge on any atom is -0.389 e. The Morgan fingerprint density at radius 3 is 2.37 bits per heavy atom. The van der Waals surface area contributed by atoms with Gasteiger partial charge in [-0.25, -0.2) is 4.98 Å². The molecule has 0 spiro atoms. The molecular weight excluding hydrogens is 262 g/mol. The zero-order valence-corrected chi connectivity index (χ0v) is 12.4. The van der Waals surface area contributed by atoms with Gasteiger partial charge < -0.3 is 5.11 Å². The predicted molar refractivity (Wildman–Crippen MR) is 77.3 cm³/mol. The molecule has 0 saturated carbocycles. The van der Waals surface area contributed by atoms with Gasteiger partial charge in [0, 0.05) is 45.5 Å². The maximum absolute atomic E-state index is 9.82. The molecular formula is C14H22ClN3O. The summed E-state index contributed by atoms with van der Waals surface area (Å²) >= 11 is 5.78. The van der Waals surface area contributed by atoms with Crippen molar-refractivity contribution in [2.24, 2.45) is 0 Å². The SMILES string of the molecule is CC(C)(O)CN1CCN(Cc2ccc(Cl)nc2)CC1. The molecule has 19 heavy (non-hydrogen) atoms. The van der Waals surface area contributed by atoms with Gasteiger partial charge in [0.25, 0.3) is 0 Å². The number of rotatable bonds is 4. The fourth-order valence-electron chi connectivity index (χ4n) is 2.41. The highest BCUT2D eigenvalue weighted by atomic mass is 35.5. The molecule has 1 fully saturated rings. The molecule has 1 saturated heterocycles. The van der Waals surface area contributed by atoms with Crippen molar-refractivity contribution < 1.29 is 5.11 Å². The summed E-state index contributed by atoms with van der Waals surface area (Å²) in [5.41, 5.74) is 0.586. The lowest BCUT2D eigenvalue weighted by Crippen LogP contribution is -2.50. The van der Waals surface area contributed by atoms with Gasteiger partial charge in [-0.15, -0.1) is 0 Å². The van der Waals surface area contributed by atoms with Gasteiger partial charge in [-0.05, 0) is 25.5 Å². The molecule has 1 aliphatic rings. The predicted octanol–water partition coefficient (Wildman–Crippen LogP) is 1.62. The monoisotopic (exact) mass is 283 g/mol. The third-order valence-electron chi connectivity index (χ3n) is 3.27. The molecule has 1 aromatic rings. The first-order valence-corrected chi connectivity index (χ1v) is 7.08. The smallest absolute Gasteiger partial charge is 0.129 e. The molecule has 5 heteroatoms. The van der Waals surface area contributed by atoms with Gasteiger partial charge >= 0.3 is 0 Å². The second-order valence-corrected chi connectivity index (χ2v) is 6.24. The van der Waals surface area contributed by atoms with Gasteiger partial charge in [0.15, 0.2) is 0 Å². The Morgan fingerprint density at radius 2 is 1.84 bits per heavy atom. The average Bonchev–Trinajstić information content (AvgIpc) is 2.33. The lowest BCUT2D eigenvalue weighted by atomic mass is 10.1. The molecule has 2 heterocycles. The van der Waals surface area contributed by atoms with Crippen molar-refractivity contribution in [1.82, 2.24) is 14.8 Å². The quantitative estimate of drug-likeness (QED) is 0.853. The van der Waals surface area contributed by atoms with Crippen molar-refractivity contribution in [2.75, 3.05) is 32.7 Å². The van der Waals surface area contributed by atoms with E-state index in [0.29, 0.717) is 5.15 Å². The van der Waals surface area contributed by atoms with E-state index in [9.17, 15) is 5.11 Å². The summed E-state index contributed by atoms with van der Waals surface area (Å²) in [7, 11) is 0. The number of β-amino-alcohol motifs (C(OH)–C–C–N with tert-alkyl or cyclic N) is 1. The van der Waals surface area contributed by atoms with Crippen molar-refractivity contribution in [3.63, 3.8) is 0 Å². The highest BCUT2D eigenvalue weighted by Crippen LogP contribution is 2.12. The van der Waals surface area contributed by atoms with Crippen LogP contribution in [0.3, 0.4) is 0 Å². The molecule has 1 aromatic heterocycles. The summed E-state index contributed by atoms with van der Waals surface area (Å²) in [6, 6.07) is 3.86. The van der Waals surface area contributed by atoms with Crippen LogP contribution in [0.4, 0.5) is 0 Å². The molecule has 0 radical (unpaired) electrons. The van der Waals surface area contributed by atoms with Crippen molar-refractivity contribution in [3.05, 3.63) is 29.0 Å². The minimum absolute atomic E-state index is 0.541. The Balaban J connectivity index is 1.79. The standard InChI is InChI=1S/C14H22ClN3O/c1-14(2,19)11-18-7-5-17(6-8-18)10-12-3-4-13(15)16-9-12/h3-4,9,19H,5-8,10-11H2,1-2H3. The molecule has 0 bridgehead atoms. The second kappa shape index (κ2) is 6.18. The van der Waals surface area contributed by atoms with Crippen molar-refractivity contribution in [3.8, 4) is 0 Å². The van der Waals surface area contributed by atoms with E-state index in [1.165, 1.54) is 5.56 Å². The minimum atomic E-state index is -0.609. The summed E-state index contributed by atoms with van der Waals surface area (Å²) in [5.74, 6) is 0. The summed E-state index contributed by atoms with van der Waals surface area (Å²) in [6.45, 7) is 9.44. The van der Waals surface area contributed by atoms with E-state index in [4.69, 9.17) is 11.6 Å². The number of piperazine rings is 1. The first-order valence-electron chi connectivity index (χ1n) is 6.70. The maximum Gasteiger partial charge on any atom is 0.129 e. The second-order valence-electron chi connectivity index (χ2n) is 5.85. The molecule has 1 aliphatic heterocycles. The van der Waals surface area contributed by atoms with E-state index < -0.39 is 5.60 Å². The fraction of sp³-hybridized carbons (Fsp3) is 0.643. The summed E-state index contributed by atoms with van der Waals surface area (Å²) < 4.78 is 0. The van der Waals surface area contributed by atoms with Gasteiger partial charge in [0.1, 0.15) is 5.15 Å². The van der Waals surface area contributed by atoms with E-state index >= 15 is 0 Å². The Kier molecular flexibility index (Phi) is 4.79. The number of hydrogen-bond acceptors (Lipinski definition) is 4. The lowest BCUT2D eigenvalue weighted by Gasteiger charge is -2.37. The average molecular weight is 284 g/mol. The van der Waals surface area contributed by atoms with Crippen LogP contribution in [0.2, 0.25) is 5.15 Å². The molecule has 106 valence electrons. The highest BCUT2D eigenvalue weighted by Gasteiger charge is 2.22. The van der Waals surface area contributed by atoms with Crippen LogP contribution in [-0.2, 0) is 6.54 Å².